The van der Waals surface area contributed by atoms with Crippen molar-refractivity contribution in [3.63, 3.8) is 0 Å². The van der Waals surface area contributed by atoms with Crippen molar-refractivity contribution in [2.45, 2.75) is 12.1 Å². The minimum absolute atomic E-state index is 0.103. The van der Waals surface area contributed by atoms with Crippen molar-refractivity contribution in [2.24, 2.45) is 0 Å². The molecule has 0 bridgehead atoms. The summed E-state index contributed by atoms with van der Waals surface area (Å²) in [7, 11) is 0. The lowest BCUT2D eigenvalue weighted by atomic mass is 10.1. The molecular weight excluding hydrogens is 254 g/mol. The van der Waals surface area contributed by atoms with E-state index in [0.29, 0.717) is 0 Å². The van der Waals surface area contributed by atoms with Crippen LogP contribution in [-0.2, 0) is 16.9 Å². The summed E-state index contributed by atoms with van der Waals surface area (Å²) in [4.78, 5) is 10.1. The van der Waals surface area contributed by atoms with Crippen LogP contribution in [0.15, 0.2) is 18.2 Å². The lowest BCUT2D eigenvalue weighted by molar-refractivity contribution is -0.166. The van der Waals surface area contributed by atoms with E-state index in [2.05, 4.69) is 0 Å². The summed E-state index contributed by atoms with van der Waals surface area (Å²) in [5.41, 5.74) is -3.09. The molecule has 0 radical (unpaired) electrons. The molecule has 0 aliphatic rings. The third kappa shape index (κ3) is 2.51. The monoisotopic (exact) mass is 258 g/mol. The maximum absolute atomic E-state index is 13.0. The Hall–Kier alpha value is -1.73. The van der Waals surface area contributed by atoms with Crippen LogP contribution in [0.4, 0.5) is 26.3 Å². The molecular formula is C9H4F6O2. The molecule has 0 aromatic heterocycles. The van der Waals surface area contributed by atoms with Crippen molar-refractivity contribution in [1.29, 1.82) is 0 Å². The summed E-state index contributed by atoms with van der Waals surface area (Å²) in [6.07, 6.45) is -4.89. The quantitative estimate of drug-likeness (QED) is 0.828. The predicted octanol–water partition coefficient (Wildman–Crippen LogP) is 3.02. The van der Waals surface area contributed by atoms with Gasteiger partial charge >= 0.3 is 18.1 Å². The number of alkyl halides is 5. The zero-order valence-corrected chi connectivity index (χ0v) is 7.86. The fourth-order valence-electron chi connectivity index (χ4n) is 1.06. The number of carbonyl (C=O) groups is 1. The number of benzene rings is 1. The van der Waals surface area contributed by atoms with Gasteiger partial charge in [0.05, 0.1) is 11.1 Å². The molecule has 0 atom stereocenters. The summed E-state index contributed by atoms with van der Waals surface area (Å²) in [6, 6.07) is 0.119. The van der Waals surface area contributed by atoms with E-state index in [1.165, 1.54) is 0 Å². The number of carboxylic acid groups (broad SMARTS) is 1. The summed E-state index contributed by atoms with van der Waals surface area (Å²) < 4.78 is 74.9. The Morgan fingerprint density at radius 2 is 1.65 bits per heavy atom. The number of carboxylic acids is 1. The van der Waals surface area contributed by atoms with Crippen molar-refractivity contribution in [3.8, 4) is 0 Å². The molecule has 0 aliphatic heterocycles. The molecule has 17 heavy (non-hydrogen) atoms. The Morgan fingerprint density at radius 1 is 1.12 bits per heavy atom. The Labute approximate surface area is 90.5 Å². The van der Waals surface area contributed by atoms with Crippen molar-refractivity contribution in [3.05, 3.63) is 35.1 Å². The van der Waals surface area contributed by atoms with Gasteiger partial charge in [-0.05, 0) is 18.2 Å². The average molecular weight is 258 g/mol. The van der Waals surface area contributed by atoms with Gasteiger partial charge in [0.25, 0.3) is 0 Å². The van der Waals surface area contributed by atoms with E-state index in [1.807, 2.05) is 0 Å². The maximum Gasteiger partial charge on any atom is 0.416 e. The fraction of sp³-hybridized carbons (Fsp3) is 0.222. The molecule has 2 nitrogen and oxygen atoms in total. The van der Waals surface area contributed by atoms with E-state index in [0.717, 1.165) is 0 Å². The van der Waals surface area contributed by atoms with E-state index < -0.39 is 35.0 Å². The number of hydrogen-bond acceptors (Lipinski definition) is 1. The smallest absolute Gasteiger partial charge is 0.416 e. The summed E-state index contributed by atoms with van der Waals surface area (Å²) in [5.74, 6) is -9.14. The number of rotatable bonds is 2. The summed E-state index contributed by atoms with van der Waals surface area (Å²) in [5, 5.41) is 8.11. The molecule has 1 aromatic rings. The Balaban J connectivity index is 3.29. The Bertz CT molecular complexity index is 451. The topological polar surface area (TPSA) is 37.3 Å². The predicted molar refractivity (Wildman–Crippen MR) is 42.9 cm³/mol. The van der Waals surface area contributed by atoms with E-state index in [4.69, 9.17) is 5.11 Å². The molecule has 8 heteroatoms. The first-order valence-electron chi connectivity index (χ1n) is 4.05. The minimum Gasteiger partial charge on any atom is -0.477 e. The lowest BCUT2D eigenvalue weighted by Crippen LogP contribution is -2.26. The standard InChI is InChI=1S/C9H4F6O2/c10-6-3-4(9(13,14)15)1-2-5(6)8(11,12)7(16)17/h1-3H,(H,16,17). The number of halogens is 6. The largest absolute Gasteiger partial charge is 0.477 e. The SMILES string of the molecule is O=C(O)C(F)(F)c1ccc(C(F)(F)F)cc1F. The van der Waals surface area contributed by atoms with Crippen molar-refractivity contribution in [1.82, 2.24) is 0 Å². The highest BCUT2D eigenvalue weighted by molar-refractivity contribution is 5.77. The molecule has 1 rings (SSSR count). The van der Waals surface area contributed by atoms with E-state index >= 15 is 0 Å². The highest BCUT2D eigenvalue weighted by Crippen LogP contribution is 2.35. The zero-order valence-electron chi connectivity index (χ0n) is 7.86. The maximum atomic E-state index is 13.0. The van der Waals surface area contributed by atoms with Crippen molar-refractivity contribution >= 4 is 5.97 Å². The Morgan fingerprint density at radius 3 is 2.00 bits per heavy atom. The van der Waals surface area contributed by atoms with Gasteiger partial charge in [0.2, 0.25) is 0 Å². The second-order valence-electron chi connectivity index (χ2n) is 3.07. The molecule has 0 saturated heterocycles. The van der Waals surface area contributed by atoms with Crippen LogP contribution in [0.1, 0.15) is 11.1 Å². The molecule has 0 heterocycles. The molecule has 0 spiro atoms. The van der Waals surface area contributed by atoms with Gasteiger partial charge in [-0.25, -0.2) is 9.18 Å². The first-order valence-corrected chi connectivity index (χ1v) is 4.05. The minimum atomic E-state index is -4.89. The van der Waals surface area contributed by atoms with Crippen LogP contribution in [0, 0.1) is 5.82 Å². The third-order valence-corrected chi connectivity index (χ3v) is 1.90. The molecule has 0 amide bonds. The molecule has 0 fully saturated rings. The van der Waals surface area contributed by atoms with Gasteiger partial charge in [-0.2, -0.15) is 22.0 Å². The zero-order chi connectivity index (χ0) is 13.4. The highest BCUT2D eigenvalue weighted by atomic mass is 19.4. The van der Waals surface area contributed by atoms with Crippen LogP contribution in [-0.4, -0.2) is 11.1 Å². The van der Waals surface area contributed by atoms with Gasteiger partial charge in [-0.1, -0.05) is 0 Å². The van der Waals surface area contributed by atoms with Gasteiger partial charge in [0.15, 0.2) is 0 Å². The van der Waals surface area contributed by atoms with Gasteiger partial charge in [-0.15, -0.1) is 0 Å². The molecule has 0 saturated carbocycles. The molecule has 94 valence electrons. The summed E-state index contributed by atoms with van der Waals surface area (Å²) in [6.45, 7) is 0. The van der Waals surface area contributed by atoms with Gasteiger partial charge in [0, 0.05) is 0 Å². The second kappa shape index (κ2) is 3.94. The molecule has 0 unspecified atom stereocenters. The van der Waals surface area contributed by atoms with Crippen LogP contribution in [0.5, 0.6) is 0 Å². The van der Waals surface area contributed by atoms with Crippen LogP contribution in [0.3, 0.4) is 0 Å². The van der Waals surface area contributed by atoms with Crippen LogP contribution in [0.25, 0.3) is 0 Å². The first-order chi connectivity index (χ1) is 7.56. The van der Waals surface area contributed by atoms with Gasteiger partial charge < -0.3 is 5.11 Å². The van der Waals surface area contributed by atoms with Crippen LogP contribution in [0.2, 0.25) is 0 Å². The van der Waals surface area contributed by atoms with Crippen LogP contribution < -0.4 is 0 Å². The van der Waals surface area contributed by atoms with Gasteiger partial charge in [0.1, 0.15) is 5.82 Å². The first kappa shape index (κ1) is 13.3. The number of hydrogen-bond donors (Lipinski definition) is 1. The highest BCUT2D eigenvalue weighted by Gasteiger charge is 2.44. The number of aliphatic carboxylic acids is 1. The molecule has 1 aromatic carbocycles. The van der Waals surface area contributed by atoms with E-state index in [-0.39, 0.29) is 18.2 Å². The average Bonchev–Trinajstić information content (AvgIpc) is 2.15. The third-order valence-electron chi connectivity index (χ3n) is 1.90. The Kier molecular flexibility index (Phi) is 3.09. The summed E-state index contributed by atoms with van der Waals surface area (Å²) >= 11 is 0. The lowest BCUT2D eigenvalue weighted by Gasteiger charge is -2.14. The van der Waals surface area contributed by atoms with E-state index in [1.54, 1.807) is 0 Å². The van der Waals surface area contributed by atoms with Crippen molar-refractivity contribution in [2.75, 3.05) is 0 Å². The second-order valence-corrected chi connectivity index (χ2v) is 3.07. The molecule has 0 aliphatic carbocycles. The van der Waals surface area contributed by atoms with Crippen molar-refractivity contribution < 1.29 is 36.2 Å². The van der Waals surface area contributed by atoms with Crippen LogP contribution >= 0.6 is 0 Å². The van der Waals surface area contributed by atoms with E-state index in [9.17, 15) is 31.1 Å². The van der Waals surface area contributed by atoms with Gasteiger partial charge in [-0.3, -0.25) is 0 Å². The fourth-order valence-corrected chi connectivity index (χ4v) is 1.06. The normalized spacial score (nSPS) is 12.6. The molecule has 1 N–H and O–H groups in total.